The minimum atomic E-state index is -0.745. The van der Waals surface area contributed by atoms with E-state index >= 15 is 0 Å². The Morgan fingerprint density at radius 2 is 1.79 bits per heavy atom. The van der Waals surface area contributed by atoms with Crippen molar-refractivity contribution in [2.24, 2.45) is 5.92 Å². The maximum absolute atomic E-state index is 13.8. The first-order chi connectivity index (χ1) is 13.5. The molecule has 1 heterocycles. The van der Waals surface area contributed by atoms with E-state index in [4.69, 9.17) is 9.47 Å². The summed E-state index contributed by atoms with van der Waals surface area (Å²) in [6.07, 6.45) is 0.129. The van der Waals surface area contributed by atoms with Crippen molar-refractivity contribution in [3.05, 3.63) is 29.8 Å². The fourth-order valence-corrected chi connectivity index (χ4v) is 3.09. The number of piperidine rings is 1. The van der Waals surface area contributed by atoms with Crippen molar-refractivity contribution in [1.82, 2.24) is 10.2 Å². The van der Waals surface area contributed by atoms with E-state index in [9.17, 15) is 18.4 Å². The predicted octanol–water partition coefficient (Wildman–Crippen LogP) is 3.88. The Bertz CT molecular complexity index is 726. The molecule has 0 aromatic heterocycles. The number of nitrogens with zero attached hydrogens (tertiary/aromatic N) is 1. The van der Waals surface area contributed by atoms with Gasteiger partial charge in [0.15, 0.2) is 11.6 Å². The Morgan fingerprint density at radius 1 is 1.17 bits per heavy atom. The fraction of sp³-hybridized carbons (Fsp3) is 0.619. The molecule has 29 heavy (non-hydrogen) atoms. The number of amides is 2. The third-order valence-corrected chi connectivity index (χ3v) is 4.55. The SMILES string of the molecule is CC(C)[C@H](NC(=O)OC(C)(C)C)C(=O)N1CCC(Oc2ccc(F)cc2F)CC1. The van der Waals surface area contributed by atoms with E-state index in [-0.39, 0.29) is 23.7 Å². The number of hydrogen-bond donors (Lipinski definition) is 1. The molecule has 2 amide bonds. The fourth-order valence-electron chi connectivity index (χ4n) is 3.09. The van der Waals surface area contributed by atoms with Crippen LogP contribution < -0.4 is 10.1 Å². The van der Waals surface area contributed by atoms with Gasteiger partial charge in [-0.15, -0.1) is 0 Å². The molecule has 1 aliphatic heterocycles. The van der Waals surface area contributed by atoms with Crippen LogP contribution in [0.3, 0.4) is 0 Å². The monoisotopic (exact) mass is 412 g/mol. The first kappa shape index (κ1) is 22.9. The zero-order valence-electron chi connectivity index (χ0n) is 17.6. The summed E-state index contributed by atoms with van der Waals surface area (Å²) >= 11 is 0. The lowest BCUT2D eigenvalue weighted by Gasteiger charge is -2.35. The highest BCUT2D eigenvalue weighted by molar-refractivity contribution is 5.86. The molecule has 1 aliphatic rings. The lowest BCUT2D eigenvalue weighted by atomic mass is 10.0. The molecule has 1 fully saturated rings. The van der Waals surface area contributed by atoms with E-state index in [2.05, 4.69) is 5.32 Å². The number of carbonyl (C=O) groups is 2. The second-order valence-electron chi connectivity index (χ2n) is 8.59. The van der Waals surface area contributed by atoms with Crippen LogP contribution in [0.2, 0.25) is 0 Å². The van der Waals surface area contributed by atoms with Crippen molar-refractivity contribution in [1.29, 1.82) is 0 Å². The van der Waals surface area contributed by atoms with Crippen LogP contribution >= 0.6 is 0 Å². The first-order valence-corrected chi connectivity index (χ1v) is 9.86. The summed E-state index contributed by atoms with van der Waals surface area (Å²) in [7, 11) is 0. The predicted molar refractivity (Wildman–Crippen MR) is 105 cm³/mol. The summed E-state index contributed by atoms with van der Waals surface area (Å²) in [5, 5.41) is 2.67. The second-order valence-corrected chi connectivity index (χ2v) is 8.59. The topological polar surface area (TPSA) is 67.9 Å². The largest absolute Gasteiger partial charge is 0.487 e. The van der Waals surface area contributed by atoms with Crippen molar-refractivity contribution in [2.45, 2.75) is 65.2 Å². The van der Waals surface area contributed by atoms with Crippen molar-refractivity contribution in [2.75, 3.05) is 13.1 Å². The number of nitrogens with one attached hydrogen (secondary N) is 1. The molecule has 1 saturated heterocycles. The number of halogens is 2. The zero-order valence-corrected chi connectivity index (χ0v) is 17.6. The molecule has 0 spiro atoms. The molecular weight excluding hydrogens is 382 g/mol. The van der Waals surface area contributed by atoms with Gasteiger partial charge in [-0.1, -0.05) is 13.8 Å². The van der Waals surface area contributed by atoms with E-state index in [0.29, 0.717) is 25.9 Å². The van der Waals surface area contributed by atoms with Gasteiger partial charge in [0.25, 0.3) is 0 Å². The summed E-state index contributed by atoms with van der Waals surface area (Å²) in [5.41, 5.74) is -0.653. The quantitative estimate of drug-likeness (QED) is 0.797. The van der Waals surface area contributed by atoms with Gasteiger partial charge in [0.1, 0.15) is 23.6 Å². The Balaban J connectivity index is 1.92. The standard InChI is InChI=1S/C21H30F2N2O4/c1-13(2)18(24-20(27)29-21(3,4)5)19(26)25-10-8-15(9-11-25)28-17-7-6-14(22)12-16(17)23/h6-7,12-13,15,18H,8-11H2,1-5H3,(H,24,27)/t18-/m0/s1. The number of ether oxygens (including phenoxy) is 2. The third-order valence-electron chi connectivity index (χ3n) is 4.55. The molecule has 0 bridgehead atoms. The normalized spacial score (nSPS) is 16.5. The summed E-state index contributed by atoms with van der Waals surface area (Å²) in [6, 6.07) is 2.50. The molecule has 2 rings (SSSR count). The van der Waals surface area contributed by atoms with Crippen molar-refractivity contribution < 1.29 is 27.8 Å². The van der Waals surface area contributed by atoms with Crippen LogP contribution in [0.5, 0.6) is 5.75 Å². The van der Waals surface area contributed by atoms with Gasteiger partial charge in [0, 0.05) is 32.0 Å². The first-order valence-electron chi connectivity index (χ1n) is 9.86. The number of hydrogen-bond acceptors (Lipinski definition) is 4. The zero-order chi connectivity index (χ0) is 21.8. The summed E-state index contributed by atoms with van der Waals surface area (Å²) in [6.45, 7) is 9.83. The molecule has 8 heteroatoms. The van der Waals surface area contributed by atoms with Gasteiger partial charge in [-0.05, 0) is 38.8 Å². The van der Waals surface area contributed by atoms with Crippen LogP contribution in [0.4, 0.5) is 13.6 Å². The van der Waals surface area contributed by atoms with Crippen molar-refractivity contribution in [3.8, 4) is 5.75 Å². The van der Waals surface area contributed by atoms with Gasteiger partial charge >= 0.3 is 6.09 Å². The molecule has 1 aromatic rings. The number of carbonyl (C=O) groups excluding carboxylic acids is 2. The van der Waals surface area contributed by atoms with E-state index in [1.54, 1.807) is 25.7 Å². The smallest absolute Gasteiger partial charge is 0.408 e. The number of alkyl carbamates (subject to hydrolysis) is 1. The van der Waals surface area contributed by atoms with Gasteiger partial charge in [0.2, 0.25) is 5.91 Å². The van der Waals surface area contributed by atoms with E-state index in [1.165, 1.54) is 6.07 Å². The Hall–Kier alpha value is -2.38. The van der Waals surface area contributed by atoms with E-state index in [0.717, 1.165) is 12.1 Å². The minimum absolute atomic E-state index is 0.00262. The summed E-state index contributed by atoms with van der Waals surface area (Å²) in [4.78, 5) is 26.7. The summed E-state index contributed by atoms with van der Waals surface area (Å²) < 4.78 is 37.7. The van der Waals surface area contributed by atoms with E-state index in [1.807, 2.05) is 13.8 Å². The molecule has 0 radical (unpaired) electrons. The molecular formula is C21H30F2N2O4. The van der Waals surface area contributed by atoms with Crippen molar-refractivity contribution in [3.63, 3.8) is 0 Å². The molecule has 162 valence electrons. The van der Waals surface area contributed by atoms with Gasteiger partial charge in [0.05, 0.1) is 0 Å². The summed E-state index contributed by atoms with van der Waals surface area (Å²) in [5.74, 6) is -1.70. The lowest BCUT2D eigenvalue weighted by molar-refractivity contribution is -0.136. The average molecular weight is 412 g/mol. The number of rotatable bonds is 5. The maximum atomic E-state index is 13.8. The van der Waals surface area contributed by atoms with Gasteiger partial charge < -0.3 is 19.7 Å². The molecule has 1 aromatic carbocycles. The minimum Gasteiger partial charge on any atom is -0.487 e. The molecule has 1 N–H and O–H groups in total. The highest BCUT2D eigenvalue weighted by atomic mass is 19.1. The average Bonchev–Trinajstić information content (AvgIpc) is 2.60. The molecule has 1 atom stereocenters. The third kappa shape index (κ3) is 6.87. The Labute approximate surface area is 170 Å². The maximum Gasteiger partial charge on any atom is 0.408 e. The Kier molecular flexibility index (Phi) is 7.43. The van der Waals surface area contributed by atoms with Gasteiger partial charge in [-0.3, -0.25) is 4.79 Å². The molecule has 6 nitrogen and oxygen atoms in total. The van der Waals surface area contributed by atoms with E-state index < -0.39 is 29.4 Å². The Morgan fingerprint density at radius 3 is 2.31 bits per heavy atom. The second kappa shape index (κ2) is 9.41. The number of benzene rings is 1. The number of likely N-dealkylation sites (tertiary alicyclic amines) is 1. The van der Waals surface area contributed by atoms with Crippen LogP contribution in [-0.2, 0) is 9.53 Å². The van der Waals surface area contributed by atoms with Crippen LogP contribution in [0.1, 0.15) is 47.5 Å². The van der Waals surface area contributed by atoms with Crippen LogP contribution in [0.25, 0.3) is 0 Å². The van der Waals surface area contributed by atoms with Gasteiger partial charge in [-0.2, -0.15) is 0 Å². The highest BCUT2D eigenvalue weighted by Crippen LogP contribution is 2.23. The van der Waals surface area contributed by atoms with Crippen LogP contribution in [0, 0.1) is 17.6 Å². The lowest BCUT2D eigenvalue weighted by Crippen LogP contribution is -2.54. The van der Waals surface area contributed by atoms with Crippen molar-refractivity contribution >= 4 is 12.0 Å². The highest BCUT2D eigenvalue weighted by Gasteiger charge is 2.33. The van der Waals surface area contributed by atoms with Crippen LogP contribution in [-0.4, -0.2) is 47.7 Å². The molecule has 0 saturated carbocycles. The molecule has 0 unspecified atom stereocenters. The van der Waals surface area contributed by atoms with Gasteiger partial charge in [-0.25, -0.2) is 13.6 Å². The van der Waals surface area contributed by atoms with Crippen LogP contribution in [0.15, 0.2) is 18.2 Å². The molecule has 0 aliphatic carbocycles.